The van der Waals surface area contributed by atoms with Gasteiger partial charge < -0.3 is 14.6 Å². The minimum absolute atomic E-state index is 0.000806. The molecule has 25 heavy (non-hydrogen) atoms. The molecule has 2 aromatic rings. The number of rotatable bonds is 8. The minimum atomic E-state index is -1.18. The molecule has 0 bridgehead atoms. The summed E-state index contributed by atoms with van der Waals surface area (Å²) < 4.78 is 10.3. The summed E-state index contributed by atoms with van der Waals surface area (Å²) in [7, 11) is 3.04. The summed E-state index contributed by atoms with van der Waals surface area (Å²) in [5.41, 5.74) is 0.991. The van der Waals surface area contributed by atoms with Gasteiger partial charge >= 0.3 is 5.97 Å². The van der Waals surface area contributed by atoms with Gasteiger partial charge in [-0.3, -0.25) is 14.4 Å². The summed E-state index contributed by atoms with van der Waals surface area (Å²) in [6, 6.07) is 13.5. The highest BCUT2D eigenvalue weighted by Gasteiger charge is 2.20. The first-order valence-corrected chi connectivity index (χ1v) is 7.47. The predicted molar refractivity (Wildman–Crippen MR) is 89.4 cm³/mol. The summed E-state index contributed by atoms with van der Waals surface area (Å²) in [4.78, 5) is 29.0. The molecule has 0 unspecified atom stereocenters. The lowest BCUT2D eigenvalue weighted by Crippen LogP contribution is -2.35. The number of para-hydroxylation sites is 1. The van der Waals surface area contributed by atoms with Gasteiger partial charge in [-0.2, -0.15) is 0 Å². The molecule has 2 aromatic carbocycles. The second-order valence-electron chi connectivity index (χ2n) is 5.05. The number of carbonyl (C=O) groups excluding carboxylic acids is 1. The smallest absolute Gasteiger partial charge is 0.325 e. The van der Waals surface area contributed by atoms with Crippen molar-refractivity contribution in [2.75, 3.05) is 20.8 Å². The number of carboxylic acids is 1. The Labute approximate surface area is 145 Å². The number of nitrogens with zero attached hydrogens (tertiary/aromatic N) is 1. The molecule has 0 aliphatic carbocycles. The second-order valence-corrected chi connectivity index (χ2v) is 5.05. The first kappa shape index (κ1) is 18.3. The third-order valence-electron chi connectivity index (χ3n) is 3.41. The van der Waals surface area contributed by atoms with E-state index in [0.29, 0.717) is 22.6 Å². The highest BCUT2D eigenvalue weighted by molar-refractivity contribution is 5.95. The van der Waals surface area contributed by atoms with Gasteiger partial charge in [-0.1, -0.05) is 18.2 Å². The van der Waals surface area contributed by atoms with Crippen LogP contribution in [0, 0.1) is 0 Å². The second kappa shape index (κ2) is 8.70. The molecule has 2 rings (SSSR count). The molecule has 0 heterocycles. The zero-order valence-corrected chi connectivity index (χ0v) is 14.0. The van der Waals surface area contributed by atoms with Crippen molar-refractivity contribution in [1.29, 1.82) is 0 Å². The van der Waals surface area contributed by atoms with Crippen molar-refractivity contribution < 1.29 is 29.0 Å². The number of hydroxylamine groups is 2. The van der Waals surface area contributed by atoms with Crippen molar-refractivity contribution in [3.05, 3.63) is 59.7 Å². The third kappa shape index (κ3) is 4.95. The summed E-state index contributed by atoms with van der Waals surface area (Å²) in [5, 5.41) is 9.86. The molecule has 1 N–H and O–H groups in total. The van der Waals surface area contributed by atoms with Crippen molar-refractivity contribution in [1.82, 2.24) is 5.06 Å². The van der Waals surface area contributed by atoms with E-state index in [1.807, 2.05) is 0 Å². The molecular formula is C18H19NO6. The average molecular weight is 345 g/mol. The van der Waals surface area contributed by atoms with Crippen molar-refractivity contribution in [2.45, 2.75) is 6.61 Å². The number of hydrogen-bond donors (Lipinski definition) is 1. The van der Waals surface area contributed by atoms with E-state index >= 15 is 0 Å². The van der Waals surface area contributed by atoms with Crippen molar-refractivity contribution in [3.63, 3.8) is 0 Å². The number of aliphatic carboxylic acids is 1. The van der Waals surface area contributed by atoms with E-state index in [0.717, 1.165) is 5.06 Å². The van der Waals surface area contributed by atoms with Gasteiger partial charge in [0, 0.05) is 11.1 Å². The molecule has 7 nitrogen and oxygen atoms in total. The Morgan fingerprint density at radius 1 is 1.00 bits per heavy atom. The number of hydrogen-bond acceptors (Lipinski definition) is 5. The zero-order valence-electron chi connectivity index (χ0n) is 14.0. The van der Waals surface area contributed by atoms with Gasteiger partial charge in [0.05, 0.1) is 14.2 Å². The van der Waals surface area contributed by atoms with Gasteiger partial charge in [0.25, 0.3) is 5.91 Å². The van der Waals surface area contributed by atoms with E-state index in [-0.39, 0.29) is 6.61 Å². The molecule has 0 saturated heterocycles. The summed E-state index contributed by atoms with van der Waals surface area (Å²) in [5.74, 6) is -0.548. The number of carbonyl (C=O) groups is 2. The Kier molecular flexibility index (Phi) is 6.36. The fourth-order valence-corrected chi connectivity index (χ4v) is 2.15. The van der Waals surface area contributed by atoms with Gasteiger partial charge in [-0.25, -0.2) is 5.06 Å². The van der Waals surface area contributed by atoms with Crippen LogP contribution < -0.4 is 9.47 Å². The Bertz CT molecular complexity index is 729. The standard InChI is InChI=1S/C18H19NO6/c1-23-15-9-7-13(8-10-15)18(22)19(11-17(20)21)25-12-14-5-3-4-6-16(14)24-2/h3-10H,11-12H2,1-2H3,(H,20,21). The summed E-state index contributed by atoms with van der Waals surface area (Å²) in [6.45, 7) is -0.584. The first-order chi connectivity index (χ1) is 12.0. The fourth-order valence-electron chi connectivity index (χ4n) is 2.15. The molecule has 0 aliphatic heterocycles. The van der Waals surface area contributed by atoms with Crippen molar-refractivity contribution >= 4 is 11.9 Å². The topological polar surface area (TPSA) is 85.3 Å². The lowest BCUT2D eigenvalue weighted by molar-refractivity contribution is -0.162. The molecule has 0 radical (unpaired) electrons. The number of amides is 1. The number of benzene rings is 2. The first-order valence-electron chi connectivity index (χ1n) is 7.47. The monoisotopic (exact) mass is 345 g/mol. The molecule has 1 amide bonds. The lowest BCUT2D eigenvalue weighted by atomic mass is 10.2. The van der Waals surface area contributed by atoms with E-state index in [2.05, 4.69) is 0 Å². The predicted octanol–water partition coefficient (Wildman–Crippen LogP) is 2.36. The Morgan fingerprint density at radius 2 is 1.68 bits per heavy atom. The maximum Gasteiger partial charge on any atom is 0.325 e. The molecule has 0 fully saturated rings. The van der Waals surface area contributed by atoms with Gasteiger partial charge in [0.2, 0.25) is 0 Å². The van der Waals surface area contributed by atoms with Gasteiger partial charge in [-0.05, 0) is 30.3 Å². The maximum absolute atomic E-state index is 12.5. The maximum atomic E-state index is 12.5. The van der Waals surface area contributed by atoms with Gasteiger partial charge in [0.1, 0.15) is 24.7 Å². The van der Waals surface area contributed by atoms with E-state index in [9.17, 15) is 9.59 Å². The van der Waals surface area contributed by atoms with E-state index < -0.39 is 18.4 Å². The molecule has 0 atom stereocenters. The van der Waals surface area contributed by atoms with Crippen LogP contribution >= 0.6 is 0 Å². The summed E-state index contributed by atoms with van der Waals surface area (Å²) in [6.07, 6.45) is 0. The lowest BCUT2D eigenvalue weighted by Gasteiger charge is -2.21. The van der Waals surface area contributed by atoms with E-state index in [1.165, 1.54) is 14.2 Å². The molecule has 0 aliphatic rings. The molecule has 0 aromatic heterocycles. The minimum Gasteiger partial charge on any atom is -0.497 e. The van der Waals surface area contributed by atoms with Crippen LogP contribution in [-0.2, 0) is 16.2 Å². The molecule has 0 saturated carbocycles. The highest BCUT2D eigenvalue weighted by Crippen LogP contribution is 2.19. The van der Waals surface area contributed by atoms with E-state index in [4.69, 9.17) is 19.4 Å². The van der Waals surface area contributed by atoms with Crippen LogP contribution in [0.25, 0.3) is 0 Å². The average Bonchev–Trinajstić information content (AvgIpc) is 2.64. The quantitative estimate of drug-likeness (QED) is 0.739. The number of carboxylic acid groups (broad SMARTS) is 1. The molecule has 132 valence electrons. The Hall–Kier alpha value is -3.06. The van der Waals surface area contributed by atoms with Gasteiger partial charge in [0.15, 0.2) is 0 Å². The number of ether oxygens (including phenoxy) is 2. The number of methoxy groups -OCH3 is 2. The molecule has 7 heteroatoms. The van der Waals surface area contributed by atoms with Crippen molar-refractivity contribution in [3.8, 4) is 11.5 Å². The SMILES string of the molecule is COc1ccc(C(=O)N(CC(=O)O)OCc2ccccc2OC)cc1. The van der Waals surface area contributed by atoms with Gasteiger partial charge in [-0.15, -0.1) is 0 Å². The largest absolute Gasteiger partial charge is 0.497 e. The normalized spacial score (nSPS) is 10.2. The van der Waals surface area contributed by atoms with Crippen LogP contribution in [0.4, 0.5) is 0 Å². The van der Waals surface area contributed by atoms with Crippen LogP contribution in [0.3, 0.4) is 0 Å². The Balaban J connectivity index is 2.14. The summed E-state index contributed by atoms with van der Waals surface area (Å²) >= 11 is 0. The Morgan fingerprint density at radius 3 is 2.28 bits per heavy atom. The van der Waals surface area contributed by atoms with Crippen LogP contribution in [0.1, 0.15) is 15.9 Å². The van der Waals surface area contributed by atoms with Crippen LogP contribution in [0.15, 0.2) is 48.5 Å². The van der Waals surface area contributed by atoms with E-state index in [1.54, 1.807) is 48.5 Å². The third-order valence-corrected chi connectivity index (χ3v) is 3.41. The molecular weight excluding hydrogens is 326 g/mol. The zero-order chi connectivity index (χ0) is 18.2. The highest BCUT2D eigenvalue weighted by atomic mass is 16.7. The fraction of sp³-hybridized carbons (Fsp3) is 0.222. The van der Waals surface area contributed by atoms with Crippen LogP contribution in [-0.4, -0.2) is 42.8 Å². The van der Waals surface area contributed by atoms with Crippen molar-refractivity contribution in [2.24, 2.45) is 0 Å². The van der Waals surface area contributed by atoms with Crippen LogP contribution in [0.5, 0.6) is 11.5 Å². The molecule has 0 spiro atoms. The van der Waals surface area contributed by atoms with Crippen LogP contribution in [0.2, 0.25) is 0 Å².